The molecule has 1 N–H and O–H groups in total. The van der Waals surface area contributed by atoms with Gasteiger partial charge < -0.3 is 14.6 Å². The molecule has 0 atom stereocenters. The number of carbonyl (C=O) groups excluding carboxylic acids is 1. The zero-order valence-corrected chi connectivity index (χ0v) is 17.9. The van der Waals surface area contributed by atoms with Gasteiger partial charge in [-0.2, -0.15) is 0 Å². The van der Waals surface area contributed by atoms with Crippen molar-refractivity contribution in [2.75, 3.05) is 13.7 Å². The van der Waals surface area contributed by atoms with Gasteiger partial charge in [0.15, 0.2) is 0 Å². The fourth-order valence-electron chi connectivity index (χ4n) is 4.13. The van der Waals surface area contributed by atoms with Gasteiger partial charge in [0.2, 0.25) is 0 Å². The summed E-state index contributed by atoms with van der Waals surface area (Å²) in [4.78, 5) is 24.2. The third-order valence-electron chi connectivity index (χ3n) is 5.70. The van der Waals surface area contributed by atoms with Crippen LogP contribution in [0.5, 0.6) is 5.75 Å². The van der Waals surface area contributed by atoms with Crippen molar-refractivity contribution in [1.29, 1.82) is 0 Å². The predicted octanol–water partition coefficient (Wildman–Crippen LogP) is 4.73. The summed E-state index contributed by atoms with van der Waals surface area (Å²) in [6.07, 6.45) is 1.58. The molecule has 1 amide bonds. The molecule has 2 aromatic carbocycles. The smallest absolute Gasteiger partial charge is 0.266 e. The highest BCUT2D eigenvalue weighted by Crippen LogP contribution is 2.32. The number of hydrogen-bond donors (Lipinski definition) is 1. The van der Waals surface area contributed by atoms with Crippen molar-refractivity contribution in [1.82, 2.24) is 14.9 Å². The van der Waals surface area contributed by atoms with Gasteiger partial charge in [-0.3, -0.25) is 4.79 Å². The Hall–Kier alpha value is -3.12. The fraction of sp³-hybridized carbons (Fsp3) is 0.250. The first-order valence-electron chi connectivity index (χ1n) is 10.1. The molecule has 5 nitrogen and oxygen atoms in total. The molecule has 0 radical (unpaired) electrons. The summed E-state index contributed by atoms with van der Waals surface area (Å²) in [5.41, 5.74) is 5.53. The second-order valence-electron chi connectivity index (χ2n) is 7.65. The van der Waals surface area contributed by atoms with Gasteiger partial charge in [0.25, 0.3) is 5.91 Å². The summed E-state index contributed by atoms with van der Waals surface area (Å²) in [6.45, 7) is 3.25. The number of H-pyrrole nitrogens is 1. The van der Waals surface area contributed by atoms with Gasteiger partial charge in [-0.05, 0) is 30.7 Å². The number of rotatable bonds is 4. The van der Waals surface area contributed by atoms with Crippen molar-refractivity contribution in [3.63, 3.8) is 0 Å². The van der Waals surface area contributed by atoms with Crippen LogP contribution in [0.4, 0.5) is 0 Å². The summed E-state index contributed by atoms with van der Waals surface area (Å²) >= 11 is 1.52. The molecule has 0 unspecified atom stereocenters. The van der Waals surface area contributed by atoms with E-state index in [1.165, 1.54) is 28.2 Å². The number of amides is 1. The molecule has 1 aliphatic rings. The number of hydrogen-bond acceptors (Lipinski definition) is 4. The minimum Gasteiger partial charge on any atom is -0.497 e. The van der Waals surface area contributed by atoms with Crippen LogP contribution in [0.1, 0.15) is 37.2 Å². The van der Waals surface area contributed by atoms with E-state index in [4.69, 9.17) is 4.74 Å². The van der Waals surface area contributed by atoms with Gasteiger partial charge in [-0.1, -0.05) is 30.3 Å². The summed E-state index contributed by atoms with van der Waals surface area (Å²) in [6, 6.07) is 16.3. The Morgan fingerprint density at radius 2 is 2.07 bits per heavy atom. The average molecular weight is 418 g/mol. The van der Waals surface area contributed by atoms with E-state index in [9.17, 15) is 4.79 Å². The summed E-state index contributed by atoms with van der Waals surface area (Å²) in [5.74, 6) is 0.906. The Bertz CT molecular complexity index is 1230. The number of aromatic amines is 1. The molecular weight excluding hydrogens is 394 g/mol. The van der Waals surface area contributed by atoms with Crippen LogP contribution in [-0.2, 0) is 19.4 Å². The molecule has 0 saturated heterocycles. The Kier molecular flexibility index (Phi) is 4.79. The Labute approximate surface area is 179 Å². The number of methoxy groups -OCH3 is 1. The van der Waals surface area contributed by atoms with E-state index in [1.54, 1.807) is 7.11 Å². The standard InChI is InChI=1S/C24H23N3O2S/c1-15-23(30-22(25-15)12-16-6-4-3-5-7-16)24(28)27-11-10-21-19(14-27)18-13-17(29-2)8-9-20(18)26-21/h3-9,13,26H,10-12,14H2,1-2H3. The minimum absolute atomic E-state index is 0.0761. The number of carbonyl (C=O) groups is 1. The third kappa shape index (κ3) is 3.37. The first-order chi connectivity index (χ1) is 14.6. The van der Waals surface area contributed by atoms with Crippen LogP contribution < -0.4 is 4.74 Å². The summed E-state index contributed by atoms with van der Waals surface area (Å²) in [7, 11) is 1.68. The highest BCUT2D eigenvalue weighted by molar-refractivity contribution is 7.13. The van der Waals surface area contributed by atoms with Gasteiger partial charge in [0.1, 0.15) is 10.6 Å². The number of aryl methyl sites for hydroxylation is 1. The number of aromatic nitrogens is 2. The molecule has 1 aliphatic heterocycles. The number of nitrogens with zero attached hydrogens (tertiary/aromatic N) is 2. The highest BCUT2D eigenvalue weighted by Gasteiger charge is 2.27. The predicted molar refractivity (Wildman–Crippen MR) is 119 cm³/mol. The number of nitrogens with one attached hydrogen (secondary N) is 1. The van der Waals surface area contributed by atoms with Crippen LogP contribution in [-0.4, -0.2) is 34.4 Å². The first-order valence-corrected chi connectivity index (χ1v) is 10.9. The molecule has 30 heavy (non-hydrogen) atoms. The molecule has 2 aromatic heterocycles. The third-order valence-corrected chi connectivity index (χ3v) is 6.85. The van der Waals surface area contributed by atoms with E-state index < -0.39 is 0 Å². The molecule has 6 heteroatoms. The lowest BCUT2D eigenvalue weighted by Gasteiger charge is -2.27. The van der Waals surface area contributed by atoms with Crippen molar-refractivity contribution < 1.29 is 9.53 Å². The number of thiazole rings is 1. The van der Waals surface area contributed by atoms with Gasteiger partial charge in [-0.25, -0.2) is 4.98 Å². The minimum atomic E-state index is 0.0761. The number of ether oxygens (including phenoxy) is 1. The Morgan fingerprint density at radius 3 is 2.87 bits per heavy atom. The quantitative estimate of drug-likeness (QED) is 0.522. The molecule has 152 valence electrons. The lowest BCUT2D eigenvalue weighted by atomic mass is 10.0. The van der Waals surface area contributed by atoms with Crippen LogP contribution in [0.25, 0.3) is 10.9 Å². The zero-order valence-electron chi connectivity index (χ0n) is 17.1. The Morgan fingerprint density at radius 1 is 1.23 bits per heavy atom. The van der Waals surface area contributed by atoms with E-state index in [0.717, 1.165) is 45.1 Å². The summed E-state index contributed by atoms with van der Waals surface area (Å²) in [5, 5.41) is 2.12. The topological polar surface area (TPSA) is 58.2 Å². The van der Waals surface area contributed by atoms with E-state index in [2.05, 4.69) is 28.2 Å². The maximum absolute atomic E-state index is 13.3. The SMILES string of the molecule is COc1ccc2[nH]c3c(c2c1)CN(C(=O)c1sc(Cc2ccccc2)nc1C)CC3. The molecule has 0 saturated carbocycles. The van der Waals surface area contributed by atoms with Crippen molar-refractivity contribution in [2.24, 2.45) is 0 Å². The van der Waals surface area contributed by atoms with Crippen LogP contribution in [0.3, 0.4) is 0 Å². The zero-order chi connectivity index (χ0) is 20.7. The summed E-state index contributed by atoms with van der Waals surface area (Å²) < 4.78 is 5.39. The van der Waals surface area contributed by atoms with Gasteiger partial charge >= 0.3 is 0 Å². The van der Waals surface area contributed by atoms with Gasteiger partial charge in [0, 0.05) is 48.1 Å². The number of fused-ring (bicyclic) bond motifs is 3. The maximum Gasteiger partial charge on any atom is 0.266 e. The molecule has 0 aliphatic carbocycles. The monoisotopic (exact) mass is 417 g/mol. The number of benzene rings is 2. The lowest BCUT2D eigenvalue weighted by Crippen LogP contribution is -2.35. The molecule has 4 aromatic rings. The van der Waals surface area contributed by atoms with E-state index >= 15 is 0 Å². The fourth-order valence-corrected chi connectivity index (χ4v) is 5.20. The van der Waals surface area contributed by atoms with E-state index in [1.807, 2.05) is 42.2 Å². The van der Waals surface area contributed by atoms with Crippen LogP contribution >= 0.6 is 11.3 Å². The molecule has 3 heterocycles. The van der Waals surface area contributed by atoms with Crippen LogP contribution in [0.2, 0.25) is 0 Å². The van der Waals surface area contributed by atoms with Crippen molar-refractivity contribution in [3.05, 3.63) is 80.9 Å². The molecule has 5 rings (SSSR count). The van der Waals surface area contributed by atoms with Crippen molar-refractivity contribution >= 4 is 28.1 Å². The van der Waals surface area contributed by atoms with Crippen molar-refractivity contribution in [3.8, 4) is 5.75 Å². The second-order valence-corrected chi connectivity index (χ2v) is 8.74. The van der Waals surface area contributed by atoms with Crippen molar-refractivity contribution in [2.45, 2.75) is 26.3 Å². The molecule has 0 fully saturated rings. The van der Waals surface area contributed by atoms with Gasteiger partial charge in [-0.15, -0.1) is 11.3 Å². The van der Waals surface area contributed by atoms with Gasteiger partial charge in [0.05, 0.1) is 17.8 Å². The normalized spacial score (nSPS) is 13.5. The molecule has 0 bridgehead atoms. The molecule has 0 spiro atoms. The first kappa shape index (κ1) is 18.9. The maximum atomic E-state index is 13.3. The largest absolute Gasteiger partial charge is 0.497 e. The average Bonchev–Trinajstić information content (AvgIpc) is 3.32. The molecular formula is C24H23N3O2S. The van der Waals surface area contributed by atoms with Crippen LogP contribution in [0.15, 0.2) is 48.5 Å². The van der Waals surface area contributed by atoms with E-state index in [-0.39, 0.29) is 5.91 Å². The van der Waals surface area contributed by atoms with E-state index in [0.29, 0.717) is 13.1 Å². The Balaban J connectivity index is 1.40. The second kappa shape index (κ2) is 7.61. The lowest BCUT2D eigenvalue weighted by molar-refractivity contribution is 0.0739. The highest BCUT2D eigenvalue weighted by atomic mass is 32.1. The van der Waals surface area contributed by atoms with Crippen LogP contribution in [0, 0.1) is 6.92 Å².